The van der Waals surface area contributed by atoms with Crippen LogP contribution in [0.3, 0.4) is 0 Å². The van der Waals surface area contributed by atoms with Crippen LogP contribution in [0.5, 0.6) is 11.5 Å². The quantitative estimate of drug-likeness (QED) is 0.303. The van der Waals surface area contributed by atoms with Crippen LogP contribution in [-0.4, -0.2) is 24.9 Å². The molecule has 33 heavy (non-hydrogen) atoms. The van der Waals surface area contributed by atoms with E-state index in [-0.39, 0.29) is 18.3 Å². The number of amides is 1. The summed E-state index contributed by atoms with van der Waals surface area (Å²) in [7, 11) is 0. The minimum atomic E-state index is -0.262. The monoisotopic (exact) mass is 443 g/mol. The molecule has 5 nitrogen and oxygen atoms in total. The predicted molar refractivity (Wildman–Crippen MR) is 132 cm³/mol. The molecule has 0 saturated heterocycles. The lowest BCUT2D eigenvalue weighted by Crippen LogP contribution is -2.20. The highest BCUT2D eigenvalue weighted by Crippen LogP contribution is 2.29. The van der Waals surface area contributed by atoms with Gasteiger partial charge in [-0.2, -0.15) is 0 Å². The van der Waals surface area contributed by atoms with Gasteiger partial charge >= 0.3 is 0 Å². The van der Waals surface area contributed by atoms with E-state index < -0.39 is 0 Å². The predicted octanol–water partition coefficient (Wildman–Crippen LogP) is 6.12. The number of ether oxygens (including phenoxy) is 2. The normalized spacial score (nSPS) is 10.9. The lowest BCUT2D eigenvalue weighted by molar-refractivity contribution is -0.118. The van der Waals surface area contributed by atoms with Gasteiger partial charge in [-0.05, 0) is 54.3 Å². The van der Waals surface area contributed by atoms with E-state index in [1.807, 2.05) is 67.6 Å². The van der Waals surface area contributed by atoms with Gasteiger partial charge < -0.3 is 14.8 Å². The number of allylic oxidation sites excluding steroid dienone is 1. The Hall–Kier alpha value is -3.86. The van der Waals surface area contributed by atoms with Gasteiger partial charge in [-0.3, -0.25) is 9.59 Å². The molecule has 0 spiro atoms. The van der Waals surface area contributed by atoms with Crippen LogP contribution in [0, 0.1) is 0 Å². The molecule has 1 amide bonds. The summed E-state index contributed by atoms with van der Waals surface area (Å²) in [4.78, 5) is 24.7. The van der Waals surface area contributed by atoms with Crippen LogP contribution in [0.15, 0.2) is 78.9 Å². The van der Waals surface area contributed by atoms with Crippen molar-refractivity contribution in [1.29, 1.82) is 0 Å². The summed E-state index contributed by atoms with van der Waals surface area (Å²) in [5, 5.41) is 2.78. The van der Waals surface area contributed by atoms with E-state index in [4.69, 9.17) is 9.47 Å². The van der Waals surface area contributed by atoms with Gasteiger partial charge in [0.25, 0.3) is 5.91 Å². The summed E-state index contributed by atoms with van der Waals surface area (Å²) in [5.41, 5.74) is 3.35. The van der Waals surface area contributed by atoms with E-state index in [2.05, 4.69) is 19.2 Å². The van der Waals surface area contributed by atoms with Crippen molar-refractivity contribution in [3.63, 3.8) is 0 Å². The summed E-state index contributed by atoms with van der Waals surface area (Å²) in [6.45, 7) is 6.42. The van der Waals surface area contributed by atoms with Crippen molar-refractivity contribution in [2.75, 3.05) is 18.5 Å². The minimum absolute atomic E-state index is 0.0684. The molecular formula is C28H29NO4. The van der Waals surface area contributed by atoms with E-state index in [0.717, 1.165) is 5.56 Å². The number of anilines is 1. The zero-order valence-electron chi connectivity index (χ0n) is 19.2. The molecule has 0 aliphatic heterocycles. The average Bonchev–Trinajstić information content (AvgIpc) is 2.83. The van der Waals surface area contributed by atoms with Crippen molar-refractivity contribution in [1.82, 2.24) is 0 Å². The fraction of sp³-hybridized carbons (Fsp3) is 0.214. The number of para-hydroxylation sites is 1. The Bertz CT molecular complexity index is 1100. The van der Waals surface area contributed by atoms with Crippen LogP contribution >= 0.6 is 0 Å². The summed E-state index contributed by atoms with van der Waals surface area (Å²) in [5.74, 6) is 1.07. The van der Waals surface area contributed by atoms with Gasteiger partial charge in [-0.15, -0.1) is 0 Å². The number of nitrogens with one attached hydrogen (secondary N) is 1. The van der Waals surface area contributed by atoms with E-state index in [0.29, 0.717) is 35.3 Å². The number of ketones is 1. The van der Waals surface area contributed by atoms with Crippen molar-refractivity contribution < 1.29 is 19.1 Å². The zero-order valence-corrected chi connectivity index (χ0v) is 19.2. The number of benzene rings is 3. The lowest BCUT2D eigenvalue weighted by Gasteiger charge is -2.13. The second-order valence-electron chi connectivity index (χ2n) is 7.82. The fourth-order valence-corrected chi connectivity index (χ4v) is 3.18. The molecule has 0 fully saturated rings. The molecule has 3 rings (SSSR count). The molecule has 170 valence electrons. The zero-order chi connectivity index (χ0) is 23.6. The first-order chi connectivity index (χ1) is 16.0. The maximum absolute atomic E-state index is 12.5. The third kappa shape index (κ3) is 7.07. The molecule has 0 atom stereocenters. The minimum Gasteiger partial charge on any atom is -0.490 e. The Labute approximate surface area is 195 Å². The van der Waals surface area contributed by atoms with Crippen LogP contribution in [0.25, 0.3) is 6.08 Å². The smallest absolute Gasteiger partial charge is 0.262 e. The van der Waals surface area contributed by atoms with Gasteiger partial charge in [0.05, 0.1) is 6.61 Å². The van der Waals surface area contributed by atoms with Gasteiger partial charge in [0, 0.05) is 11.3 Å². The molecule has 0 saturated carbocycles. The van der Waals surface area contributed by atoms with Crippen molar-refractivity contribution in [2.45, 2.75) is 26.7 Å². The maximum Gasteiger partial charge on any atom is 0.262 e. The number of carbonyl (C=O) groups excluding carboxylic acids is 2. The topological polar surface area (TPSA) is 64.6 Å². The largest absolute Gasteiger partial charge is 0.490 e. The summed E-state index contributed by atoms with van der Waals surface area (Å²) >= 11 is 0. The molecule has 1 N–H and O–H groups in total. The Kier molecular flexibility index (Phi) is 8.42. The fourth-order valence-electron chi connectivity index (χ4n) is 3.18. The third-order valence-electron chi connectivity index (χ3n) is 4.97. The standard InChI is InChI=1S/C28H29NO4/c1-4-32-27-18-21(10-16-25(30)23-14-12-22(13-15-23)20(2)3)11-17-26(27)33-19-28(31)29-24-8-6-5-7-9-24/h5-18,20H,4,19H2,1-3H3,(H,29,31)/b16-10+. The molecule has 0 aliphatic carbocycles. The molecule has 3 aromatic carbocycles. The van der Waals surface area contributed by atoms with Crippen LogP contribution in [0.4, 0.5) is 5.69 Å². The van der Waals surface area contributed by atoms with Crippen LogP contribution in [0.2, 0.25) is 0 Å². The third-order valence-corrected chi connectivity index (χ3v) is 4.97. The van der Waals surface area contributed by atoms with Gasteiger partial charge in [-0.25, -0.2) is 0 Å². The highest BCUT2D eigenvalue weighted by Gasteiger charge is 2.10. The Balaban J connectivity index is 1.64. The van der Waals surface area contributed by atoms with E-state index >= 15 is 0 Å². The Morgan fingerprint density at radius 1 is 0.909 bits per heavy atom. The summed E-state index contributed by atoms with van der Waals surface area (Å²) in [6, 6.07) is 22.2. The summed E-state index contributed by atoms with van der Waals surface area (Å²) in [6.07, 6.45) is 3.29. The van der Waals surface area contributed by atoms with Crippen LogP contribution < -0.4 is 14.8 Å². The van der Waals surface area contributed by atoms with E-state index in [1.54, 1.807) is 24.3 Å². The number of hydrogen-bond acceptors (Lipinski definition) is 4. The van der Waals surface area contributed by atoms with Crippen LogP contribution in [0.1, 0.15) is 48.2 Å². The van der Waals surface area contributed by atoms with Gasteiger partial charge in [0.2, 0.25) is 0 Å². The second kappa shape index (κ2) is 11.7. The SMILES string of the molecule is CCOc1cc(/C=C/C(=O)c2ccc(C(C)C)cc2)ccc1OCC(=O)Nc1ccccc1. The molecule has 3 aromatic rings. The lowest BCUT2D eigenvalue weighted by atomic mass is 10.0. The first kappa shape index (κ1) is 23.8. The number of rotatable bonds is 10. The summed E-state index contributed by atoms with van der Waals surface area (Å²) < 4.78 is 11.4. The van der Waals surface area contributed by atoms with Crippen molar-refractivity contribution >= 4 is 23.5 Å². The highest BCUT2D eigenvalue weighted by atomic mass is 16.5. The molecule has 0 bridgehead atoms. The van der Waals surface area contributed by atoms with E-state index in [9.17, 15) is 9.59 Å². The maximum atomic E-state index is 12.5. The molecule has 0 heterocycles. The second-order valence-corrected chi connectivity index (χ2v) is 7.82. The Morgan fingerprint density at radius 3 is 2.30 bits per heavy atom. The Morgan fingerprint density at radius 2 is 1.64 bits per heavy atom. The molecule has 0 aromatic heterocycles. The molecule has 5 heteroatoms. The number of carbonyl (C=O) groups is 2. The van der Waals surface area contributed by atoms with Crippen LogP contribution in [-0.2, 0) is 4.79 Å². The molecule has 0 unspecified atom stereocenters. The molecular weight excluding hydrogens is 414 g/mol. The van der Waals surface area contributed by atoms with Gasteiger partial charge in [0.1, 0.15) is 0 Å². The highest BCUT2D eigenvalue weighted by molar-refractivity contribution is 6.06. The first-order valence-electron chi connectivity index (χ1n) is 11.0. The molecule has 0 aliphatic rings. The van der Waals surface area contributed by atoms with Crippen molar-refractivity contribution in [3.8, 4) is 11.5 Å². The average molecular weight is 444 g/mol. The number of hydrogen-bond donors (Lipinski definition) is 1. The van der Waals surface area contributed by atoms with Crippen molar-refractivity contribution in [2.24, 2.45) is 0 Å². The first-order valence-corrected chi connectivity index (χ1v) is 11.0. The van der Waals surface area contributed by atoms with Gasteiger partial charge in [0.15, 0.2) is 23.9 Å². The molecule has 0 radical (unpaired) electrons. The van der Waals surface area contributed by atoms with E-state index in [1.165, 1.54) is 5.56 Å². The van der Waals surface area contributed by atoms with Gasteiger partial charge in [-0.1, -0.05) is 68.5 Å². The van der Waals surface area contributed by atoms with Crippen molar-refractivity contribution in [3.05, 3.63) is 95.6 Å².